The Hall–Kier alpha value is -3.06. The van der Waals surface area contributed by atoms with Gasteiger partial charge in [-0.3, -0.25) is 9.69 Å². The minimum Gasteiger partial charge on any atom is -0.497 e. The number of likely N-dealkylation sites (N-methyl/N-ethyl adjacent to an activating group) is 1. The minimum atomic E-state index is -0.763. The van der Waals surface area contributed by atoms with Gasteiger partial charge in [0.2, 0.25) is 0 Å². The van der Waals surface area contributed by atoms with Crippen LogP contribution in [0.15, 0.2) is 53.5 Å². The number of nitrogens with two attached hydrogens (primary N) is 1. The monoisotopic (exact) mass is 478 g/mol. The number of nitrogens with one attached hydrogen (secondary N) is 1. The van der Waals surface area contributed by atoms with Crippen molar-refractivity contribution in [2.75, 3.05) is 21.3 Å². The van der Waals surface area contributed by atoms with Gasteiger partial charge in [-0.25, -0.2) is 4.99 Å². The molecule has 3 N–H and O–H groups in total. The molecule has 7 heteroatoms. The summed E-state index contributed by atoms with van der Waals surface area (Å²) in [5, 5.41) is 3.73. The van der Waals surface area contributed by atoms with Crippen molar-refractivity contribution in [3.8, 4) is 11.5 Å². The first-order chi connectivity index (χ1) is 16.9. The Balaban J connectivity index is 1.41. The molecule has 3 atom stereocenters. The van der Waals surface area contributed by atoms with E-state index in [1.807, 2.05) is 36.4 Å². The zero-order chi connectivity index (χ0) is 24.8. The molecule has 35 heavy (non-hydrogen) atoms. The van der Waals surface area contributed by atoms with Crippen molar-refractivity contribution < 1.29 is 14.3 Å². The summed E-state index contributed by atoms with van der Waals surface area (Å²) in [4.78, 5) is 19.6. The molecule has 1 saturated carbocycles. The van der Waals surface area contributed by atoms with Gasteiger partial charge < -0.3 is 20.5 Å². The van der Waals surface area contributed by atoms with Crippen LogP contribution in [0.25, 0.3) is 0 Å². The van der Waals surface area contributed by atoms with Gasteiger partial charge in [-0.05, 0) is 49.7 Å². The Labute approximate surface area is 208 Å². The van der Waals surface area contributed by atoms with Crippen molar-refractivity contribution >= 4 is 11.9 Å². The lowest BCUT2D eigenvalue weighted by Crippen LogP contribution is -2.44. The van der Waals surface area contributed by atoms with Gasteiger partial charge in [0.15, 0.2) is 5.96 Å². The zero-order valence-electron chi connectivity index (χ0n) is 21.1. The number of aliphatic imine (C=N–C) groups is 1. The first-order valence-corrected chi connectivity index (χ1v) is 12.6. The van der Waals surface area contributed by atoms with E-state index in [4.69, 9.17) is 20.2 Å². The first-order valence-electron chi connectivity index (χ1n) is 12.6. The fraction of sp³-hybridized carbons (Fsp3) is 0.500. The standard InChI is InChI=1S/C28H38N4O3/c1-32-26(33)28(31-27(32)29,15-14-20-8-5-4-6-9-20)18-21-10-7-11-23(16-21)30-19-22-12-13-24(34-2)17-25(22)35-3/h4-6,8-9,12-13,17,21,23,30H,7,10-11,14-16,18-19H2,1-3H3,(H2,29,31)/t21?,23-,28-/m1/s1. The van der Waals surface area contributed by atoms with Gasteiger partial charge in [0.05, 0.1) is 14.2 Å². The van der Waals surface area contributed by atoms with E-state index in [2.05, 4.69) is 17.4 Å². The van der Waals surface area contributed by atoms with Gasteiger partial charge in [-0.2, -0.15) is 0 Å². The summed E-state index contributed by atoms with van der Waals surface area (Å²) in [5.74, 6) is 2.40. The van der Waals surface area contributed by atoms with E-state index in [-0.39, 0.29) is 5.91 Å². The van der Waals surface area contributed by atoms with Crippen LogP contribution in [-0.4, -0.2) is 49.6 Å². The summed E-state index contributed by atoms with van der Waals surface area (Å²) in [5.41, 5.74) is 7.70. The molecule has 1 amide bonds. The van der Waals surface area contributed by atoms with Crippen LogP contribution in [0, 0.1) is 5.92 Å². The summed E-state index contributed by atoms with van der Waals surface area (Å²) in [6, 6.07) is 16.6. The highest BCUT2D eigenvalue weighted by Gasteiger charge is 2.47. The summed E-state index contributed by atoms with van der Waals surface area (Å²) in [7, 11) is 5.08. The second kappa shape index (κ2) is 11.1. The molecular weight excluding hydrogens is 440 g/mol. The predicted octanol–water partition coefficient (Wildman–Crippen LogP) is 3.90. The van der Waals surface area contributed by atoms with Crippen molar-refractivity contribution in [2.24, 2.45) is 16.6 Å². The second-order valence-electron chi connectivity index (χ2n) is 9.84. The molecule has 2 aromatic carbocycles. The topological polar surface area (TPSA) is 89.2 Å². The third kappa shape index (κ3) is 5.78. The third-order valence-corrected chi connectivity index (χ3v) is 7.53. The molecule has 1 aliphatic heterocycles. The van der Waals surface area contributed by atoms with Crippen molar-refractivity contribution in [3.05, 3.63) is 59.7 Å². The number of hydrogen-bond acceptors (Lipinski definition) is 6. The van der Waals surface area contributed by atoms with Gasteiger partial charge >= 0.3 is 0 Å². The van der Waals surface area contributed by atoms with E-state index in [0.717, 1.165) is 62.1 Å². The lowest BCUT2D eigenvalue weighted by Gasteiger charge is -2.35. The van der Waals surface area contributed by atoms with Crippen LogP contribution in [0.2, 0.25) is 0 Å². The molecule has 0 spiro atoms. The molecule has 2 aliphatic rings. The fourth-order valence-corrected chi connectivity index (χ4v) is 5.54. The normalized spacial score (nSPS) is 24.4. The Bertz CT molecular complexity index is 1040. The SMILES string of the molecule is COc1ccc(CN[C@@H]2CCCC(C[C@@]3(CCc4ccccc4)N=C(N)N(C)C3=O)C2)c(OC)c1. The Morgan fingerprint density at radius 2 is 1.94 bits per heavy atom. The summed E-state index contributed by atoms with van der Waals surface area (Å²) >= 11 is 0. The van der Waals surface area contributed by atoms with Gasteiger partial charge in [0.1, 0.15) is 17.0 Å². The Kier molecular flexibility index (Phi) is 7.96. The average Bonchev–Trinajstić information content (AvgIpc) is 3.10. The third-order valence-electron chi connectivity index (χ3n) is 7.53. The number of benzene rings is 2. The maximum Gasteiger partial charge on any atom is 0.257 e. The molecule has 4 rings (SSSR count). The van der Waals surface area contributed by atoms with Gasteiger partial charge in [-0.1, -0.05) is 49.2 Å². The van der Waals surface area contributed by atoms with Gasteiger partial charge in [-0.15, -0.1) is 0 Å². The smallest absolute Gasteiger partial charge is 0.257 e. The molecule has 1 aliphatic carbocycles. The van der Waals surface area contributed by atoms with Crippen molar-refractivity contribution in [1.29, 1.82) is 0 Å². The van der Waals surface area contributed by atoms with E-state index in [9.17, 15) is 4.79 Å². The zero-order valence-corrected chi connectivity index (χ0v) is 21.1. The predicted molar refractivity (Wildman–Crippen MR) is 139 cm³/mol. The second-order valence-corrected chi connectivity index (χ2v) is 9.84. The van der Waals surface area contributed by atoms with E-state index in [1.165, 1.54) is 10.5 Å². The molecule has 0 saturated heterocycles. The van der Waals surface area contributed by atoms with Crippen LogP contribution in [0.3, 0.4) is 0 Å². The molecule has 2 aromatic rings. The Morgan fingerprint density at radius 1 is 1.14 bits per heavy atom. The molecule has 188 valence electrons. The first kappa shape index (κ1) is 25.0. The van der Waals surface area contributed by atoms with Crippen molar-refractivity contribution in [1.82, 2.24) is 10.2 Å². The van der Waals surface area contributed by atoms with E-state index >= 15 is 0 Å². The van der Waals surface area contributed by atoms with Crippen molar-refractivity contribution in [2.45, 2.75) is 63.1 Å². The lowest BCUT2D eigenvalue weighted by atomic mass is 9.75. The van der Waals surface area contributed by atoms with Gasteiger partial charge in [0, 0.05) is 31.3 Å². The number of hydrogen-bond donors (Lipinski definition) is 2. The van der Waals surface area contributed by atoms with Crippen molar-refractivity contribution in [3.63, 3.8) is 0 Å². The van der Waals surface area contributed by atoms with E-state index in [0.29, 0.717) is 24.3 Å². The van der Waals surface area contributed by atoms with Crippen LogP contribution in [-0.2, 0) is 17.8 Å². The Morgan fingerprint density at radius 3 is 2.63 bits per heavy atom. The molecule has 1 unspecified atom stereocenters. The quantitative estimate of drug-likeness (QED) is 0.541. The highest BCUT2D eigenvalue weighted by Crippen LogP contribution is 2.38. The van der Waals surface area contributed by atoms with Crippen LogP contribution in [0.1, 0.15) is 49.7 Å². The number of carbonyl (C=O) groups is 1. The molecule has 7 nitrogen and oxygen atoms in total. The number of aryl methyl sites for hydroxylation is 1. The number of methoxy groups -OCH3 is 2. The largest absolute Gasteiger partial charge is 0.497 e. The van der Waals surface area contributed by atoms with Crippen LogP contribution < -0.4 is 20.5 Å². The number of ether oxygens (including phenoxy) is 2. The fourth-order valence-electron chi connectivity index (χ4n) is 5.54. The molecule has 1 fully saturated rings. The highest BCUT2D eigenvalue weighted by atomic mass is 16.5. The van der Waals surface area contributed by atoms with Crippen LogP contribution in [0.4, 0.5) is 0 Å². The number of nitrogens with zero attached hydrogens (tertiary/aromatic N) is 2. The van der Waals surface area contributed by atoms with Crippen LogP contribution in [0.5, 0.6) is 11.5 Å². The average molecular weight is 479 g/mol. The number of carbonyl (C=O) groups excluding carboxylic acids is 1. The summed E-state index contributed by atoms with van der Waals surface area (Å²) in [6.07, 6.45) is 6.64. The maximum atomic E-state index is 13.3. The molecule has 0 bridgehead atoms. The molecule has 0 aromatic heterocycles. The number of amides is 1. The van der Waals surface area contributed by atoms with Crippen LogP contribution >= 0.6 is 0 Å². The molecule has 1 heterocycles. The van der Waals surface area contributed by atoms with E-state index < -0.39 is 5.54 Å². The van der Waals surface area contributed by atoms with E-state index in [1.54, 1.807) is 21.3 Å². The number of rotatable bonds is 10. The number of guanidine groups is 1. The van der Waals surface area contributed by atoms with Gasteiger partial charge in [0.25, 0.3) is 5.91 Å². The summed E-state index contributed by atoms with van der Waals surface area (Å²) < 4.78 is 10.9. The summed E-state index contributed by atoms with van der Waals surface area (Å²) in [6.45, 7) is 0.733. The molecule has 0 radical (unpaired) electrons. The lowest BCUT2D eigenvalue weighted by molar-refractivity contribution is -0.131. The maximum absolute atomic E-state index is 13.3. The minimum absolute atomic E-state index is 0.0315. The highest BCUT2D eigenvalue weighted by molar-refractivity contribution is 6.06. The molecular formula is C28H38N4O3.